The highest BCUT2D eigenvalue weighted by Gasteiger charge is 1.90. The van der Waals surface area contributed by atoms with Gasteiger partial charge in [-0.1, -0.05) is 57.4 Å². The fraction of sp³-hybridized carbons (Fsp3) is 0.647. The van der Waals surface area contributed by atoms with Gasteiger partial charge in [0.05, 0.1) is 0 Å². The molecule has 0 amide bonds. The monoisotopic (exact) mass is 246 g/mol. The SMILES string of the molecule is CCCC#CC#C[C@@H](O)/C=C/CCCCCCC. The van der Waals surface area contributed by atoms with Crippen molar-refractivity contribution >= 4 is 0 Å². The summed E-state index contributed by atoms with van der Waals surface area (Å²) in [6.07, 6.45) is 12.5. The van der Waals surface area contributed by atoms with Crippen molar-refractivity contribution in [1.29, 1.82) is 0 Å². The summed E-state index contributed by atoms with van der Waals surface area (Å²) in [5.41, 5.74) is 0. The second-order valence-corrected chi connectivity index (χ2v) is 4.40. The van der Waals surface area contributed by atoms with Gasteiger partial charge in [0.25, 0.3) is 0 Å². The van der Waals surface area contributed by atoms with E-state index in [1.165, 1.54) is 32.1 Å². The van der Waals surface area contributed by atoms with Crippen LogP contribution in [-0.4, -0.2) is 11.2 Å². The maximum absolute atomic E-state index is 9.52. The highest BCUT2D eigenvalue weighted by atomic mass is 16.3. The standard InChI is InChI=1S/C17H26O/c1-3-5-7-9-10-12-14-16-17(18)15-13-11-8-6-4-2/h14,16-18H,3-7,9-10,12H2,1-2H3/b16-14+/t17-/m1/s1. The van der Waals surface area contributed by atoms with E-state index < -0.39 is 6.10 Å². The fourth-order valence-corrected chi connectivity index (χ4v) is 1.48. The van der Waals surface area contributed by atoms with Crippen molar-refractivity contribution in [1.82, 2.24) is 0 Å². The third-order valence-corrected chi connectivity index (χ3v) is 2.54. The summed E-state index contributed by atoms with van der Waals surface area (Å²) in [6.45, 7) is 4.30. The lowest BCUT2D eigenvalue weighted by Crippen LogP contribution is -1.96. The van der Waals surface area contributed by atoms with Crippen LogP contribution in [0.2, 0.25) is 0 Å². The maximum atomic E-state index is 9.52. The van der Waals surface area contributed by atoms with Crippen LogP contribution in [0.3, 0.4) is 0 Å². The van der Waals surface area contributed by atoms with Gasteiger partial charge in [0.15, 0.2) is 0 Å². The lowest BCUT2D eigenvalue weighted by molar-refractivity contribution is 0.280. The molecule has 0 aliphatic rings. The molecular formula is C17H26O. The molecule has 0 aromatic rings. The first-order chi connectivity index (χ1) is 8.81. The van der Waals surface area contributed by atoms with Gasteiger partial charge in [-0.2, -0.15) is 0 Å². The third-order valence-electron chi connectivity index (χ3n) is 2.54. The summed E-state index contributed by atoms with van der Waals surface area (Å²) in [5.74, 6) is 11.0. The molecule has 0 spiro atoms. The highest BCUT2D eigenvalue weighted by molar-refractivity contribution is 5.28. The number of aliphatic hydroxyl groups excluding tert-OH is 1. The number of unbranched alkanes of at least 4 members (excludes halogenated alkanes) is 6. The normalized spacial score (nSPS) is 11.5. The van der Waals surface area contributed by atoms with Gasteiger partial charge < -0.3 is 5.11 Å². The Bertz CT molecular complexity index is 319. The average Bonchev–Trinajstić information content (AvgIpc) is 2.37. The molecule has 0 fully saturated rings. The fourth-order valence-electron chi connectivity index (χ4n) is 1.48. The second-order valence-electron chi connectivity index (χ2n) is 4.40. The molecule has 0 radical (unpaired) electrons. The molecule has 0 rings (SSSR count). The first kappa shape index (κ1) is 16.8. The largest absolute Gasteiger partial charge is 0.377 e. The van der Waals surface area contributed by atoms with Crippen molar-refractivity contribution in [2.24, 2.45) is 0 Å². The third kappa shape index (κ3) is 12.9. The Balaban J connectivity index is 3.62. The molecule has 0 unspecified atom stereocenters. The minimum Gasteiger partial charge on any atom is -0.377 e. The van der Waals surface area contributed by atoms with Crippen LogP contribution in [0.25, 0.3) is 0 Å². The predicted molar refractivity (Wildman–Crippen MR) is 79.0 cm³/mol. The maximum Gasteiger partial charge on any atom is 0.134 e. The van der Waals surface area contributed by atoms with Crippen LogP contribution < -0.4 is 0 Å². The van der Waals surface area contributed by atoms with Gasteiger partial charge in [-0.25, -0.2) is 0 Å². The van der Waals surface area contributed by atoms with E-state index in [9.17, 15) is 5.11 Å². The zero-order valence-corrected chi connectivity index (χ0v) is 11.8. The van der Waals surface area contributed by atoms with Crippen LogP contribution in [0.5, 0.6) is 0 Å². The molecule has 1 nitrogen and oxygen atoms in total. The van der Waals surface area contributed by atoms with Crippen molar-refractivity contribution in [2.45, 2.75) is 71.3 Å². The van der Waals surface area contributed by atoms with Crippen LogP contribution in [0.15, 0.2) is 12.2 Å². The zero-order valence-electron chi connectivity index (χ0n) is 11.8. The Morgan fingerprint density at radius 3 is 2.50 bits per heavy atom. The summed E-state index contributed by atoms with van der Waals surface area (Å²) in [5, 5.41) is 9.52. The molecule has 0 aliphatic carbocycles. The molecule has 0 heterocycles. The molecule has 1 N–H and O–H groups in total. The zero-order chi connectivity index (χ0) is 13.5. The van der Waals surface area contributed by atoms with E-state index in [1.54, 1.807) is 6.08 Å². The molecule has 100 valence electrons. The average molecular weight is 246 g/mol. The van der Waals surface area contributed by atoms with Crippen LogP contribution in [0.1, 0.15) is 65.2 Å². The number of allylic oxidation sites excluding steroid dienone is 1. The van der Waals surface area contributed by atoms with Crippen LogP contribution in [0.4, 0.5) is 0 Å². The Labute approximate surface area is 113 Å². The molecule has 0 saturated carbocycles. The Kier molecular flexibility index (Phi) is 13.0. The van der Waals surface area contributed by atoms with Crippen LogP contribution >= 0.6 is 0 Å². The van der Waals surface area contributed by atoms with E-state index in [4.69, 9.17) is 0 Å². The van der Waals surface area contributed by atoms with E-state index in [0.717, 1.165) is 19.3 Å². The molecule has 0 aromatic heterocycles. The van der Waals surface area contributed by atoms with Crippen LogP contribution in [0, 0.1) is 23.7 Å². The van der Waals surface area contributed by atoms with Crippen molar-refractivity contribution in [3.05, 3.63) is 12.2 Å². The van der Waals surface area contributed by atoms with Gasteiger partial charge in [0.2, 0.25) is 0 Å². The number of rotatable bonds is 8. The number of hydrogen-bond donors (Lipinski definition) is 1. The van der Waals surface area contributed by atoms with Crippen molar-refractivity contribution in [2.75, 3.05) is 0 Å². The molecule has 18 heavy (non-hydrogen) atoms. The lowest BCUT2D eigenvalue weighted by atomic mass is 10.1. The van der Waals surface area contributed by atoms with E-state index in [1.807, 2.05) is 6.08 Å². The van der Waals surface area contributed by atoms with E-state index >= 15 is 0 Å². The van der Waals surface area contributed by atoms with E-state index in [2.05, 4.69) is 37.5 Å². The van der Waals surface area contributed by atoms with Gasteiger partial charge in [-0.3, -0.25) is 0 Å². The van der Waals surface area contributed by atoms with Gasteiger partial charge in [-0.05, 0) is 37.2 Å². The second kappa shape index (κ2) is 13.9. The Morgan fingerprint density at radius 1 is 1.00 bits per heavy atom. The van der Waals surface area contributed by atoms with Crippen molar-refractivity contribution in [3.8, 4) is 23.7 Å². The summed E-state index contributed by atoms with van der Waals surface area (Å²) in [7, 11) is 0. The quantitative estimate of drug-likeness (QED) is 0.389. The first-order valence-electron chi connectivity index (χ1n) is 7.14. The van der Waals surface area contributed by atoms with Gasteiger partial charge in [0, 0.05) is 6.42 Å². The predicted octanol–water partition coefficient (Wildman–Crippen LogP) is 4.07. The molecule has 0 saturated heterocycles. The molecule has 0 aliphatic heterocycles. The molecular weight excluding hydrogens is 220 g/mol. The summed E-state index contributed by atoms with van der Waals surface area (Å²) in [4.78, 5) is 0. The number of hydrogen-bond acceptors (Lipinski definition) is 1. The molecule has 0 bridgehead atoms. The van der Waals surface area contributed by atoms with E-state index in [0.29, 0.717) is 0 Å². The Morgan fingerprint density at radius 2 is 1.78 bits per heavy atom. The first-order valence-corrected chi connectivity index (χ1v) is 7.14. The molecule has 1 atom stereocenters. The lowest BCUT2D eigenvalue weighted by Gasteiger charge is -1.96. The van der Waals surface area contributed by atoms with Crippen molar-refractivity contribution < 1.29 is 5.11 Å². The molecule has 1 heteroatoms. The topological polar surface area (TPSA) is 20.2 Å². The van der Waals surface area contributed by atoms with Crippen LogP contribution in [-0.2, 0) is 0 Å². The van der Waals surface area contributed by atoms with Crippen molar-refractivity contribution in [3.63, 3.8) is 0 Å². The minimum atomic E-state index is -0.670. The van der Waals surface area contributed by atoms with Gasteiger partial charge in [-0.15, -0.1) is 0 Å². The summed E-state index contributed by atoms with van der Waals surface area (Å²) in [6, 6.07) is 0. The minimum absolute atomic E-state index is 0.670. The highest BCUT2D eigenvalue weighted by Crippen LogP contribution is 2.05. The Hall–Kier alpha value is -1.18. The van der Waals surface area contributed by atoms with Gasteiger partial charge >= 0.3 is 0 Å². The summed E-state index contributed by atoms with van der Waals surface area (Å²) < 4.78 is 0. The molecule has 0 aromatic carbocycles. The van der Waals surface area contributed by atoms with Gasteiger partial charge in [0.1, 0.15) is 6.10 Å². The summed E-state index contributed by atoms with van der Waals surface area (Å²) >= 11 is 0. The smallest absolute Gasteiger partial charge is 0.134 e. The number of aliphatic hydroxyl groups is 1. The van der Waals surface area contributed by atoms with E-state index in [-0.39, 0.29) is 0 Å².